The lowest BCUT2D eigenvalue weighted by Crippen LogP contribution is -2.51. The van der Waals surface area contributed by atoms with E-state index >= 15 is 0 Å². The zero-order valence-corrected chi connectivity index (χ0v) is 24.0. The fraction of sp³-hybridized carbons (Fsp3) is 0.455. The first kappa shape index (κ1) is 27.0. The number of hydrogen-bond donors (Lipinski definition) is 0. The Morgan fingerprint density at radius 3 is 2.57 bits per heavy atom. The molecule has 0 aliphatic carbocycles. The van der Waals surface area contributed by atoms with Crippen molar-refractivity contribution in [2.75, 3.05) is 26.3 Å². The van der Waals surface area contributed by atoms with Gasteiger partial charge in [0.25, 0.3) is 5.91 Å². The van der Waals surface area contributed by atoms with E-state index in [1.807, 2.05) is 12.1 Å². The summed E-state index contributed by atoms with van der Waals surface area (Å²) >= 11 is 0. The predicted molar refractivity (Wildman–Crippen MR) is 155 cm³/mol. The number of pyridine rings is 1. The molecule has 0 spiro atoms. The highest BCUT2D eigenvalue weighted by Crippen LogP contribution is 2.32. The molecule has 0 radical (unpaired) electrons. The summed E-state index contributed by atoms with van der Waals surface area (Å²) in [6.45, 7) is 6.61. The topological polar surface area (TPSA) is 92.3 Å². The number of hydrazine groups is 1. The molecular formula is C33H36N4O5. The number of nitrogens with zero attached hydrogens (tertiary/aromatic N) is 4. The Morgan fingerprint density at radius 2 is 1.76 bits per heavy atom. The van der Waals surface area contributed by atoms with Crippen molar-refractivity contribution in [1.82, 2.24) is 19.9 Å². The minimum Gasteiger partial charge on any atom is -0.489 e. The summed E-state index contributed by atoms with van der Waals surface area (Å²) in [6.07, 6.45) is 3.19. The van der Waals surface area contributed by atoms with E-state index in [2.05, 4.69) is 42.2 Å². The molecule has 4 aliphatic rings. The number of carbonyl (C=O) groups excluding carboxylic acids is 3. The van der Waals surface area contributed by atoms with E-state index < -0.39 is 0 Å². The number of fused-ring (bicyclic) bond motifs is 2. The van der Waals surface area contributed by atoms with E-state index in [1.54, 1.807) is 6.07 Å². The van der Waals surface area contributed by atoms with Gasteiger partial charge in [-0.1, -0.05) is 19.1 Å². The van der Waals surface area contributed by atoms with Crippen molar-refractivity contribution in [1.29, 1.82) is 0 Å². The number of carbonyl (C=O) groups is 3. The highest BCUT2D eigenvalue weighted by Gasteiger charge is 2.39. The lowest BCUT2D eigenvalue weighted by atomic mass is 9.95. The summed E-state index contributed by atoms with van der Waals surface area (Å²) in [6, 6.07) is 16.4. The van der Waals surface area contributed by atoms with Crippen molar-refractivity contribution in [2.24, 2.45) is 5.92 Å². The monoisotopic (exact) mass is 568 g/mol. The summed E-state index contributed by atoms with van der Waals surface area (Å²) in [5.41, 5.74) is 4.76. The van der Waals surface area contributed by atoms with E-state index in [0.29, 0.717) is 29.6 Å². The van der Waals surface area contributed by atoms with Crippen LogP contribution in [-0.2, 0) is 27.4 Å². The van der Waals surface area contributed by atoms with E-state index in [4.69, 9.17) is 14.5 Å². The number of hydrogen-bond acceptors (Lipinski definition) is 7. The molecule has 1 aromatic heterocycles. The number of rotatable bonds is 6. The summed E-state index contributed by atoms with van der Waals surface area (Å²) in [7, 11) is 0. The average molecular weight is 569 g/mol. The molecule has 3 fully saturated rings. The standard InChI is InChI=1S/C33H36N4O5/c1-21-17-35(18-22-5-9-29-24(15-22)6-10-28(34-29)23-11-13-41-14-12-23)20-30(21)42-26-7-8-27-25(16-26)19-36(33(27)40)37-31(38)3-2-4-32(37)39/h5-10,15-16,21,23,30H,2-4,11-14,17-20H2,1H3/t21-,30-/m1/s1. The fourth-order valence-electron chi connectivity index (χ4n) is 6.79. The summed E-state index contributed by atoms with van der Waals surface area (Å²) in [5, 5.41) is 3.48. The zero-order chi connectivity index (χ0) is 28.8. The molecule has 3 amide bonds. The Balaban J connectivity index is 0.991. The first-order valence-corrected chi connectivity index (χ1v) is 15.1. The minimum atomic E-state index is -0.314. The average Bonchev–Trinajstić information content (AvgIpc) is 3.50. The molecule has 2 atom stereocenters. The Hall–Kier alpha value is -3.82. The van der Waals surface area contributed by atoms with E-state index in [0.717, 1.165) is 67.2 Å². The Labute approximate surface area is 245 Å². The number of benzene rings is 2. The number of aromatic nitrogens is 1. The van der Waals surface area contributed by atoms with Crippen molar-refractivity contribution >= 4 is 28.6 Å². The van der Waals surface area contributed by atoms with Gasteiger partial charge in [0.15, 0.2) is 0 Å². The second-order valence-corrected chi connectivity index (χ2v) is 12.1. The van der Waals surface area contributed by atoms with Crippen molar-refractivity contribution in [3.05, 3.63) is 70.9 Å². The molecule has 3 aromatic rings. The van der Waals surface area contributed by atoms with Crippen LogP contribution in [0.4, 0.5) is 0 Å². The summed E-state index contributed by atoms with van der Waals surface area (Å²) < 4.78 is 12.0. The lowest BCUT2D eigenvalue weighted by Gasteiger charge is -2.32. The molecular weight excluding hydrogens is 532 g/mol. The lowest BCUT2D eigenvalue weighted by molar-refractivity contribution is -0.163. The molecule has 2 aromatic carbocycles. The van der Waals surface area contributed by atoms with Crippen molar-refractivity contribution in [3.8, 4) is 5.75 Å². The first-order chi connectivity index (χ1) is 20.4. The maximum atomic E-state index is 13.0. The van der Waals surface area contributed by atoms with Gasteiger partial charge in [-0.15, -0.1) is 0 Å². The molecule has 7 rings (SSSR count). The van der Waals surface area contributed by atoms with Crippen molar-refractivity contribution in [2.45, 2.75) is 64.1 Å². The minimum absolute atomic E-state index is 0.0191. The SMILES string of the molecule is C[C@@H]1CN(Cc2ccc3nc(C4CCOCC4)ccc3c2)C[C@H]1Oc1ccc2c(c1)CN(N1C(=O)CCCC1=O)C2=O. The van der Waals surface area contributed by atoms with Crippen molar-refractivity contribution < 1.29 is 23.9 Å². The van der Waals surface area contributed by atoms with Gasteiger partial charge >= 0.3 is 0 Å². The maximum Gasteiger partial charge on any atom is 0.273 e. The van der Waals surface area contributed by atoms with Crippen molar-refractivity contribution in [3.63, 3.8) is 0 Å². The molecule has 0 N–H and O–H groups in total. The molecule has 0 saturated carbocycles. The molecule has 0 unspecified atom stereocenters. The van der Waals surface area contributed by atoms with Crippen LogP contribution in [0.5, 0.6) is 5.75 Å². The van der Waals surface area contributed by atoms with E-state index in [9.17, 15) is 14.4 Å². The number of likely N-dealkylation sites (tertiary alicyclic amines) is 1. The van der Waals surface area contributed by atoms with Crippen LogP contribution in [0.25, 0.3) is 10.9 Å². The summed E-state index contributed by atoms with van der Waals surface area (Å²) in [4.78, 5) is 45.2. The first-order valence-electron chi connectivity index (χ1n) is 15.1. The summed E-state index contributed by atoms with van der Waals surface area (Å²) in [5.74, 6) is 0.585. The highest BCUT2D eigenvalue weighted by molar-refractivity contribution is 6.04. The largest absolute Gasteiger partial charge is 0.489 e. The number of ether oxygens (including phenoxy) is 2. The highest BCUT2D eigenvalue weighted by atomic mass is 16.5. The molecule has 5 heterocycles. The van der Waals surface area contributed by atoms with Crippen LogP contribution in [-0.4, -0.2) is 70.0 Å². The number of piperidine rings is 1. The maximum absolute atomic E-state index is 13.0. The fourth-order valence-corrected chi connectivity index (χ4v) is 6.79. The molecule has 9 heteroatoms. The molecule has 0 bridgehead atoms. The quantitative estimate of drug-likeness (QED) is 0.406. The van der Waals surface area contributed by atoms with Gasteiger partial charge in [0.2, 0.25) is 11.8 Å². The molecule has 9 nitrogen and oxygen atoms in total. The van der Waals surface area contributed by atoms with E-state index in [1.165, 1.54) is 16.3 Å². The van der Waals surface area contributed by atoms with Gasteiger partial charge in [-0.25, -0.2) is 5.01 Å². The zero-order valence-electron chi connectivity index (χ0n) is 24.0. The van der Waals surface area contributed by atoms with Crippen LogP contribution in [0.2, 0.25) is 0 Å². The van der Waals surface area contributed by atoms with Gasteiger partial charge in [0, 0.05) is 74.2 Å². The van der Waals surface area contributed by atoms with Crippen LogP contribution in [0.3, 0.4) is 0 Å². The van der Waals surface area contributed by atoms with Gasteiger partial charge in [0.05, 0.1) is 12.1 Å². The Bertz CT molecular complexity index is 1530. The van der Waals surface area contributed by atoms with Gasteiger partial charge in [0.1, 0.15) is 11.9 Å². The third kappa shape index (κ3) is 5.16. The third-order valence-corrected chi connectivity index (χ3v) is 9.08. The second kappa shape index (κ2) is 11.1. The molecule has 3 saturated heterocycles. The second-order valence-electron chi connectivity index (χ2n) is 12.1. The number of imide groups is 1. The van der Waals surface area contributed by atoms with Crippen LogP contribution < -0.4 is 4.74 Å². The normalized spacial score (nSPS) is 23.7. The Morgan fingerprint density at radius 1 is 0.952 bits per heavy atom. The predicted octanol–water partition coefficient (Wildman–Crippen LogP) is 4.44. The van der Waals surface area contributed by atoms with Gasteiger partial charge in [-0.3, -0.25) is 24.3 Å². The molecule has 218 valence electrons. The third-order valence-electron chi connectivity index (χ3n) is 9.08. The van der Waals surface area contributed by atoms with Gasteiger partial charge in [-0.2, -0.15) is 5.01 Å². The smallest absolute Gasteiger partial charge is 0.273 e. The molecule has 42 heavy (non-hydrogen) atoms. The van der Waals surface area contributed by atoms with Gasteiger partial charge < -0.3 is 9.47 Å². The number of amides is 3. The molecule has 4 aliphatic heterocycles. The van der Waals surface area contributed by atoms with Gasteiger partial charge in [-0.05, 0) is 66.8 Å². The van der Waals surface area contributed by atoms with Crippen LogP contribution in [0.1, 0.15) is 72.1 Å². The van der Waals surface area contributed by atoms with E-state index in [-0.39, 0.29) is 43.2 Å². The van der Waals surface area contributed by atoms with Crippen LogP contribution in [0.15, 0.2) is 48.5 Å². The van der Waals surface area contributed by atoms with Crippen LogP contribution >= 0.6 is 0 Å². The van der Waals surface area contributed by atoms with Crippen LogP contribution in [0, 0.1) is 5.92 Å². The Kier molecular flexibility index (Phi) is 7.15.